The van der Waals surface area contributed by atoms with E-state index in [0.29, 0.717) is 5.05 Å². The number of thiocarbonyl (C=S) groups is 1. The first-order chi connectivity index (χ1) is 8.75. The van der Waals surface area contributed by atoms with Crippen molar-refractivity contribution in [1.82, 2.24) is 0 Å². The van der Waals surface area contributed by atoms with Crippen LogP contribution in [0.5, 0.6) is 0 Å². The van der Waals surface area contributed by atoms with E-state index >= 15 is 0 Å². The average Bonchev–Trinajstić information content (AvgIpc) is 2.40. The number of rotatable bonds is 4. The zero-order valence-corrected chi connectivity index (χ0v) is 11.2. The third-order valence-electron chi connectivity index (χ3n) is 2.68. The molecule has 0 fully saturated rings. The summed E-state index contributed by atoms with van der Waals surface area (Å²) in [5.41, 5.74) is 2.23. The van der Waals surface area contributed by atoms with Crippen molar-refractivity contribution in [3.05, 3.63) is 71.8 Å². The molecule has 0 aliphatic rings. The predicted octanol–water partition coefficient (Wildman–Crippen LogP) is 4.01. The molecule has 0 saturated heterocycles. The Bertz CT molecular complexity index is 493. The lowest BCUT2D eigenvalue weighted by Gasteiger charge is -2.15. The number of benzene rings is 2. The molecule has 1 nitrogen and oxygen atoms in total. The zero-order chi connectivity index (χ0) is 12.8. The SMILES string of the molecule is CC(Cc1ccccc1)OC(=S)c1ccccc1. The van der Waals surface area contributed by atoms with Crippen molar-refractivity contribution < 1.29 is 4.74 Å². The number of hydrogen-bond donors (Lipinski definition) is 0. The molecule has 0 saturated carbocycles. The Labute approximate surface area is 113 Å². The maximum atomic E-state index is 5.77. The Kier molecular flexibility index (Phi) is 4.48. The summed E-state index contributed by atoms with van der Waals surface area (Å²) in [6.07, 6.45) is 0.952. The summed E-state index contributed by atoms with van der Waals surface area (Å²) in [6.45, 7) is 2.04. The van der Waals surface area contributed by atoms with Crippen LogP contribution < -0.4 is 0 Å². The van der Waals surface area contributed by atoms with Gasteiger partial charge in [0, 0.05) is 12.0 Å². The molecule has 0 aromatic heterocycles. The van der Waals surface area contributed by atoms with E-state index < -0.39 is 0 Å². The van der Waals surface area contributed by atoms with Crippen LogP contribution in [0.25, 0.3) is 0 Å². The van der Waals surface area contributed by atoms with E-state index in [-0.39, 0.29) is 6.10 Å². The summed E-state index contributed by atoms with van der Waals surface area (Å²) in [7, 11) is 0. The minimum absolute atomic E-state index is 0.0834. The summed E-state index contributed by atoms with van der Waals surface area (Å²) in [5, 5.41) is 0.569. The number of ether oxygens (including phenoxy) is 1. The Morgan fingerprint density at radius 3 is 2.17 bits per heavy atom. The lowest BCUT2D eigenvalue weighted by atomic mass is 10.1. The lowest BCUT2D eigenvalue weighted by Crippen LogP contribution is -2.16. The van der Waals surface area contributed by atoms with Crippen LogP contribution in [0.1, 0.15) is 18.1 Å². The van der Waals surface area contributed by atoms with Crippen LogP contribution in [0.4, 0.5) is 0 Å². The molecule has 2 aromatic rings. The molecule has 0 aliphatic carbocycles. The fraction of sp³-hybridized carbons (Fsp3) is 0.188. The van der Waals surface area contributed by atoms with E-state index in [9.17, 15) is 0 Å². The van der Waals surface area contributed by atoms with Gasteiger partial charge in [-0.25, -0.2) is 0 Å². The average molecular weight is 256 g/mol. The molecule has 2 rings (SSSR count). The normalized spacial score (nSPS) is 11.8. The van der Waals surface area contributed by atoms with Crippen LogP contribution >= 0.6 is 12.2 Å². The summed E-state index contributed by atoms with van der Waals surface area (Å²) in [4.78, 5) is 0. The first-order valence-corrected chi connectivity index (χ1v) is 6.46. The molecule has 0 aliphatic heterocycles. The molecular weight excluding hydrogens is 240 g/mol. The van der Waals surface area contributed by atoms with Gasteiger partial charge in [0.05, 0.1) is 0 Å². The van der Waals surface area contributed by atoms with Crippen LogP contribution in [0, 0.1) is 0 Å². The largest absolute Gasteiger partial charge is 0.480 e. The second-order valence-electron chi connectivity index (χ2n) is 4.27. The van der Waals surface area contributed by atoms with Crippen molar-refractivity contribution >= 4 is 17.3 Å². The van der Waals surface area contributed by atoms with Gasteiger partial charge in [0.1, 0.15) is 6.10 Å². The Balaban J connectivity index is 1.92. The highest BCUT2D eigenvalue weighted by Crippen LogP contribution is 2.09. The van der Waals surface area contributed by atoms with E-state index in [4.69, 9.17) is 17.0 Å². The molecule has 0 spiro atoms. The molecule has 92 valence electrons. The smallest absolute Gasteiger partial charge is 0.191 e. The van der Waals surface area contributed by atoms with Crippen LogP contribution in [0.3, 0.4) is 0 Å². The fourth-order valence-electron chi connectivity index (χ4n) is 1.81. The van der Waals surface area contributed by atoms with Gasteiger partial charge in [-0.3, -0.25) is 0 Å². The van der Waals surface area contributed by atoms with Gasteiger partial charge in [0.15, 0.2) is 5.05 Å². The fourth-order valence-corrected chi connectivity index (χ4v) is 2.11. The Morgan fingerprint density at radius 2 is 1.56 bits per heavy atom. The summed E-state index contributed by atoms with van der Waals surface area (Å²) in [5.74, 6) is 0. The maximum Gasteiger partial charge on any atom is 0.191 e. The topological polar surface area (TPSA) is 9.23 Å². The first kappa shape index (κ1) is 12.8. The van der Waals surface area contributed by atoms with Crippen molar-refractivity contribution in [2.45, 2.75) is 19.4 Å². The van der Waals surface area contributed by atoms with Crippen molar-refractivity contribution in [2.75, 3.05) is 0 Å². The van der Waals surface area contributed by atoms with Gasteiger partial charge in [-0.2, -0.15) is 0 Å². The van der Waals surface area contributed by atoms with Crippen molar-refractivity contribution in [3.63, 3.8) is 0 Å². The van der Waals surface area contributed by atoms with E-state index in [1.807, 2.05) is 55.5 Å². The molecular formula is C16H16OS. The third kappa shape index (κ3) is 3.67. The molecule has 0 bridgehead atoms. The Morgan fingerprint density at radius 1 is 1.00 bits per heavy atom. The molecule has 18 heavy (non-hydrogen) atoms. The second-order valence-corrected chi connectivity index (χ2v) is 4.64. The second kappa shape index (κ2) is 6.31. The summed E-state index contributed by atoms with van der Waals surface area (Å²) < 4.78 is 5.77. The molecule has 2 aromatic carbocycles. The van der Waals surface area contributed by atoms with Gasteiger partial charge in [0.25, 0.3) is 0 Å². The van der Waals surface area contributed by atoms with Crippen LogP contribution in [-0.2, 0) is 11.2 Å². The molecule has 0 radical (unpaired) electrons. The molecule has 2 heteroatoms. The van der Waals surface area contributed by atoms with E-state index in [1.54, 1.807) is 0 Å². The van der Waals surface area contributed by atoms with E-state index in [0.717, 1.165) is 12.0 Å². The van der Waals surface area contributed by atoms with Gasteiger partial charge in [-0.15, -0.1) is 0 Å². The summed E-state index contributed by atoms with van der Waals surface area (Å²) >= 11 is 5.29. The highest BCUT2D eigenvalue weighted by atomic mass is 32.1. The standard InChI is InChI=1S/C16H16OS/c1-13(12-14-8-4-2-5-9-14)17-16(18)15-10-6-3-7-11-15/h2-11,13H,12H2,1H3. The van der Waals surface area contributed by atoms with Crippen molar-refractivity contribution in [3.8, 4) is 0 Å². The third-order valence-corrected chi connectivity index (χ3v) is 3.02. The highest BCUT2D eigenvalue weighted by molar-refractivity contribution is 7.80. The molecule has 0 N–H and O–H groups in total. The molecule has 0 amide bonds. The highest BCUT2D eigenvalue weighted by Gasteiger charge is 2.08. The van der Waals surface area contributed by atoms with Gasteiger partial charge in [0.2, 0.25) is 0 Å². The van der Waals surface area contributed by atoms with Crippen LogP contribution in [-0.4, -0.2) is 11.2 Å². The summed E-state index contributed by atoms with van der Waals surface area (Å²) in [6, 6.07) is 20.1. The zero-order valence-electron chi connectivity index (χ0n) is 10.4. The van der Waals surface area contributed by atoms with Gasteiger partial charge in [-0.1, -0.05) is 60.7 Å². The predicted molar refractivity (Wildman–Crippen MR) is 78.8 cm³/mol. The van der Waals surface area contributed by atoms with E-state index in [2.05, 4.69) is 12.1 Å². The maximum absolute atomic E-state index is 5.77. The first-order valence-electron chi connectivity index (χ1n) is 6.05. The van der Waals surface area contributed by atoms with E-state index in [1.165, 1.54) is 5.56 Å². The van der Waals surface area contributed by atoms with Crippen LogP contribution in [0.15, 0.2) is 60.7 Å². The molecule has 0 heterocycles. The molecule has 1 unspecified atom stereocenters. The monoisotopic (exact) mass is 256 g/mol. The van der Waals surface area contributed by atoms with Crippen LogP contribution in [0.2, 0.25) is 0 Å². The van der Waals surface area contributed by atoms with Gasteiger partial charge >= 0.3 is 0 Å². The van der Waals surface area contributed by atoms with Crippen molar-refractivity contribution in [1.29, 1.82) is 0 Å². The quantitative estimate of drug-likeness (QED) is 0.764. The number of hydrogen-bond acceptors (Lipinski definition) is 2. The lowest BCUT2D eigenvalue weighted by molar-refractivity contribution is 0.216. The molecule has 1 atom stereocenters. The van der Waals surface area contributed by atoms with Crippen molar-refractivity contribution in [2.24, 2.45) is 0 Å². The Hall–Kier alpha value is -1.67. The minimum Gasteiger partial charge on any atom is -0.480 e. The van der Waals surface area contributed by atoms with Gasteiger partial charge < -0.3 is 4.74 Å². The minimum atomic E-state index is 0.0834. The van der Waals surface area contributed by atoms with Gasteiger partial charge in [-0.05, 0) is 24.7 Å².